The molecule has 0 bridgehead atoms. The third kappa shape index (κ3) is 2.57. The van der Waals surface area contributed by atoms with E-state index in [1.807, 2.05) is 49.0 Å². The van der Waals surface area contributed by atoms with Crippen LogP contribution in [0.25, 0.3) is 11.0 Å². The van der Waals surface area contributed by atoms with Gasteiger partial charge in [-0.25, -0.2) is 0 Å². The lowest BCUT2D eigenvalue weighted by molar-refractivity contribution is 0.486. The third-order valence-corrected chi connectivity index (χ3v) is 4.16. The number of nitrogens with zero attached hydrogens (tertiary/aromatic N) is 2. The highest BCUT2D eigenvalue weighted by Gasteiger charge is 2.19. The lowest BCUT2D eigenvalue weighted by Crippen LogP contribution is -2.15. The first-order valence-electron chi connectivity index (χ1n) is 7.04. The Morgan fingerprint density at radius 2 is 2.14 bits per heavy atom. The number of hydrogen-bond donors (Lipinski definition) is 1. The van der Waals surface area contributed by atoms with E-state index in [9.17, 15) is 0 Å². The molecule has 0 fully saturated rings. The largest absolute Gasteiger partial charge is 0.459 e. The van der Waals surface area contributed by atoms with E-state index in [0.717, 1.165) is 34.5 Å². The van der Waals surface area contributed by atoms with Crippen LogP contribution in [0.3, 0.4) is 0 Å². The van der Waals surface area contributed by atoms with Crippen LogP contribution in [-0.4, -0.2) is 9.78 Å². The quantitative estimate of drug-likeness (QED) is 0.801. The summed E-state index contributed by atoms with van der Waals surface area (Å²) >= 11 is 6.37. The number of hydrogen-bond acceptors (Lipinski definition) is 3. The number of nitrogens with two attached hydrogens (primary N) is 1. The van der Waals surface area contributed by atoms with Crippen molar-refractivity contribution in [2.75, 3.05) is 0 Å². The van der Waals surface area contributed by atoms with Gasteiger partial charge in [0.25, 0.3) is 0 Å². The summed E-state index contributed by atoms with van der Waals surface area (Å²) in [5, 5.41) is 6.19. The molecule has 2 aromatic heterocycles. The second kappa shape index (κ2) is 5.54. The van der Waals surface area contributed by atoms with Crippen molar-refractivity contribution >= 4 is 22.6 Å². The number of halogens is 1. The molecule has 0 radical (unpaired) electrons. The van der Waals surface area contributed by atoms with Gasteiger partial charge in [-0.05, 0) is 18.6 Å². The molecule has 21 heavy (non-hydrogen) atoms. The molecule has 1 aromatic carbocycles. The Bertz CT molecular complexity index is 742. The normalized spacial score (nSPS) is 13.0. The molecule has 0 aliphatic heterocycles. The van der Waals surface area contributed by atoms with Crippen molar-refractivity contribution in [3.8, 4) is 0 Å². The highest BCUT2D eigenvalue weighted by molar-refractivity contribution is 6.31. The van der Waals surface area contributed by atoms with E-state index in [-0.39, 0.29) is 6.04 Å². The molecule has 0 saturated heterocycles. The molecule has 5 heteroatoms. The number of aryl methyl sites for hydroxylation is 2. The summed E-state index contributed by atoms with van der Waals surface area (Å²) in [6.45, 7) is 2.04. The van der Waals surface area contributed by atoms with Crippen LogP contribution in [0.4, 0.5) is 0 Å². The Labute approximate surface area is 128 Å². The minimum absolute atomic E-state index is 0.241. The topological polar surface area (TPSA) is 57.0 Å². The van der Waals surface area contributed by atoms with E-state index >= 15 is 0 Å². The molecule has 3 aromatic rings. The summed E-state index contributed by atoms with van der Waals surface area (Å²) in [6, 6.07) is 9.64. The second-order valence-corrected chi connectivity index (χ2v) is 5.56. The van der Waals surface area contributed by atoms with Gasteiger partial charge in [-0.1, -0.05) is 36.7 Å². The van der Waals surface area contributed by atoms with Crippen LogP contribution in [0, 0.1) is 0 Å². The zero-order valence-electron chi connectivity index (χ0n) is 12.1. The molecule has 1 atom stereocenters. The number of para-hydroxylation sites is 1. The first-order valence-corrected chi connectivity index (χ1v) is 7.42. The van der Waals surface area contributed by atoms with Crippen molar-refractivity contribution in [2.45, 2.75) is 25.8 Å². The minimum atomic E-state index is -0.241. The maximum atomic E-state index is 6.37. The van der Waals surface area contributed by atoms with Gasteiger partial charge >= 0.3 is 0 Å². The van der Waals surface area contributed by atoms with Gasteiger partial charge in [-0.2, -0.15) is 5.10 Å². The summed E-state index contributed by atoms with van der Waals surface area (Å²) in [5.74, 6) is 0.770. The smallest absolute Gasteiger partial charge is 0.134 e. The van der Waals surface area contributed by atoms with Gasteiger partial charge in [-0.15, -0.1) is 0 Å². The molecule has 2 N–H and O–H groups in total. The van der Waals surface area contributed by atoms with Crippen LogP contribution in [0.5, 0.6) is 0 Å². The Kier molecular flexibility index (Phi) is 3.74. The highest BCUT2D eigenvalue weighted by Crippen LogP contribution is 2.28. The second-order valence-electron chi connectivity index (χ2n) is 5.18. The Morgan fingerprint density at radius 3 is 2.81 bits per heavy atom. The molecule has 0 aliphatic rings. The van der Waals surface area contributed by atoms with Crippen LogP contribution in [0.1, 0.15) is 30.1 Å². The maximum Gasteiger partial charge on any atom is 0.134 e. The Morgan fingerprint density at radius 1 is 1.38 bits per heavy atom. The van der Waals surface area contributed by atoms with Crippen molar-refractivity contribution in [1.82, 2.24) is 9.78 Å². The Balaban J connectivity index is 1.89. The van der Waals surface area contributed by atoms with Gasteiger partial charge in [0.05, 0.1) is 22.5 Å². The molecule has 110 valence electrons. The average molecular weight is 304 g/mol. The van der Waals surface area contributed by atoms with Crippen molar-refractivity contribution in [3.63, 3.8) is 0 Å². The average Bonchev–Trinajstić information content (AvgIpc) is 3.03. The predicted molar refractivity (Wildman–Crippen MR) is 84.4 cm³/mol. The minimum Gasteiger partial charge on any atom is -0.459 e. The van der Waals surface area contributed by atoms with Gasteiger partial charge < -0.3 is 10.2 Å². The molecule has 0 aliphatic carbocycles. The van der Waals surface area contributed by atoms with Crippen LogP contribution >= 0.6 is 11.6 Å². The fourth-order valence-corrected chi connectivity index (χ4v) is 2.91. The van der Waals surface area contributed by atoms with Crippen LogP contribution < -0.4 is 5.73 Å². The van der Waals surface area contributed by atoms with Gasteiger partial charge in [0.15, 0.2) is 0 Å². The van der Waals surface area contributed by atoms with Gasteiger partial charge in [0, 0.05) is 18.9 Å². The highest BCUT2D eigenvalue weighted by atomic mass is 35.5. The predicted octanol–water partition coefficient (Wildman–Crippen LogP) is 3.62. The fourth-order valence-electron chi connectivity index (χ4n) is 2.54. The number of rotatable bonds is 4. The van der Waals surface area contributed by atoms with Gasteiger partial charge in [-0.3, -0.25) is 4.68 Å². The van der Waals surface area contributed by atoms with Crippen molar-refractivity contribution in [1.29, 1.82) is 0 Å². The summed E-state index contributed by atoms with van der Waals surface area (Å²) < 4.78 is 7.63. The molecule has 4 nitrogen and oxygen atoms in total. The molecule has 2 heterocycles. The van der Waals surface area contributed by atoms with Crippen LogP contribution in [0.15, 0.2) is 34.7 Å². The van der Waals surface area contributed by atoms with E-state index in [1.54, 1.807) is 0 Å². The number of fused-ring (bicyclic) bond motifs is 1. The van der Waals surface area contributed by atoms with Gasteiger partial charge in [0.1, 0.15) is 11.3 Å². The summed E-state index contributed by atoms with van der Waals surface area (Å²) in [7, 11) is 1.89. The van der Waals surface area contributed by atoms with Crippen molar-refractivity contribution < 1.29 is 4.42 Å². The van der Waals surface area contributed by atoms with Gasteiger partial charge in [0.2, 0.25) is 0 Å². The van der Waals surface area contributed by atoms with Crippen LogP contribution in [0.2, 0.25) is 5.02 Å². The zero-order valence-corrected chi connectivity index (χ0v) is 12.9. The number of furan rings is 1. The Hall–Kier alpha value is -1.78. The van der Waals surface area contributed by atoms with Crippen molar-refractivity contribution in [3.05, 3.63) is 52.5 Å². The molecular formula is C16H18ClN3O. The SMILES string of the molecule is CCc1nn(C)c(CC(N)c2cc3ccccc3o2)c1Cl. The molecule has 1 unspecified atom stereocenters. The summed E-state index contributed by atoms with van der Waals surface area (Å²) in [4.78, 5) is 0. The third-order valence-electron chi connectivity index (χ3n) is 3.73. The molecule has 0 spiro atoms. The first-order chi connectivity index (χ1) is 10.1. The molecule has 0 saturated carbocycles. The lowest BCUT2D eigenvalue weighted by atomic mass is 10.1. The van der Waals surface area contributed by atoms with Crippen molar-refractivity contribution in [2.24, 2.45) is 12.8 Å². The number of benzene rings is 1. The molecule has 0 amide bonds. The monoisotopic (exact) mass is 303 g/mol. The standard InChI is InChI=1S/C16H18ClN3O/c1-3-12-16(17)13(20(2)19-12)9-11(18)15-8-10-6-4-5-7-14(10)21-15/h4-8,11H,3,9,18H2,1-2H3. The fraction of sp³-hybridized carbons (Fsp3) is 0.312. The first kappa shape index (κ1) is 14.2. The number of aromatic nitrogens is 2. The lowest BCUT2D eigenvalue weighted by Gasteiger charge is -2.09. The maximum absolute atomic E-state index is 6.37. The zero-order chi connectivity index (χ0) is 15.0. The van der Waals surface area contributed by atoms with E-state index < -0.39 is 0 Å². The molecule has 3 rings (SSSR count). The van der Waals surface area contributed by atoms with E-state index in [0.29, 0.717) is 11.4 Å². The molecular weight excluding hydrogens is 286 g/mol. The van der Waals surface area contributed by atoms with E-state index in [4.69, 9.17) is 21.8 Å². The summed E-state index contributed by atoms with van der Waals surface area (Å²) in [5.41, 5.74) is 8.99. The summed E-state index contributed by atoms with van der Waals surface area (Å²) in [6.07, 6.45) is 1.41. The van der Waals surface area contributed by atoms with E-state index in [1.165, 1.54) is 0 Å². The van der Waals surface area contributed by atoms with Crippen LogP contribution in [-0.2, 0) is 19.9 Å². The van der Waals surface area contributed by atoms with E-state index in [2.05, 4.69) is 5.10 Å².